The Morgan fingerprint density at radius 1 is 1.00 bits per heavy atom. The van der Waals surface area contributed by atoms with E-state index in [1.54, 1.807) is 9.58 Å². The first-order valence-electron chi connectivity index (χ1n) is 12.8. The Bertz CT molecular complexity index is 1230. The van der Waals surface area contributed by atoms with Gasteiger partial charge >= 0.3 is 5.97 Å². The minimum absolute atomic E-state index is 0.0272. The van der Waals surface area contributed by atoms with Gasteiger partial charge in [0.15, 0.2) is 5.82 Å². The van der Waals surface area contributed by atoms with Crippen LogP contribution in [0.5, 0.6) is 0 Å². The Kier molecular flexibility index (Phi) is 7.73. The molecule has 6 nitrogen and oxygen atoms in total. The number of nitrogens with zero attached hydrogens (tertiary/aromatic N) is 3. The normalized spacial score (nSPS) is 18.3. The van der Waals surface area contributed by atoms with Crippen LogP contribution in [0.1, 0.15) is 74.9 Å². The van der Waals surface area contributed by atoms with Crippen molar-refractivity contribution in [1.82, 2.24) is 9.78 Å². The molecule has 2 aromatic carbocycles. The van der Waals surface area contributed by atoms with Gasteiger partial charge in [0.2, 0.25) is 5.91 Å². The number of benzene rings is 2. The summed E-state index contributed by atoms with van der Waals surface area (Å²) in [6, 6.07) is 17.8. The van der Waals surface area contributed by atoms with E-state index in [1.807, 2.05) is 63.2 Å². The number of aromatic nitrogens is 2. The Morgan fingerprint density at radius 3 is 2.17 bits per heavy atom. The number of carboxylic acid groups (broad SMARTS) is 1. The van der Waals surface area contributed by atoms with Gasteiger partial charge in [-0.25, -0.2) is 9.48 Å². The fourth-order valence-corrected chi connectivity index (χ4v) is 5.04. The largest absolute Gasteiger partial charge is 0.477 e. The molecule has 1 aromatic heterocycles. The molecule has 1 heterocycles. The van der Waals surface area contributed by atoms with Crippen LogP contribution in [0.3, 0.4) is 0 Å². The molecular formula is C30H35N3O3. The highest BCUT2D eigenvalue weighted by atomic mass is 16.4. The number of carbonyl (C=O) groups is 2. The molecule has 0 aliphatic heterocycles. The van der Waals surface area contributed by atoms with Crippen molar-refractivity contribution in [2.45, 2.75) is 59.4 Å². The summed E-state index contributed by atoms with van der Waals surface area (Å²) < 4.78 is 1.56. The van der Waals surface area contributed by atoms with Crippen molar-refractivity contribution < 1.29 is 14.7 Å². The lowest BCUT2D eigenvalue weighted by Crippen LogP contribution is -2.43. The summed E-state index contributed by atoms with van der Waals surface area (Å²) in [6.07, 6.45) is 7.30. The number of rotatable bonds is 7. The smallest absolute Gasteiger partial charge is 0.341 e. The molecule has 1 fully saturated rings. The first-order valence-corrected chi connectivity index (χ1v) is 12.8. The predicted molar refractivity (Wildman–Crippen MR) is 143 cm³/mol. The second-order valence-corrected chi connectivity index (χ2v) is 9.99. The maximum Gasteiger partial charge on any atom is 0.341 e. The van der Waals surface area contributed by atoms with Gasteiger partial charge in [-0.1, -0.05) is 55.5 Å². The topological polar surface area (TPSA) is 75.4 Å². The van der Waals surface area contributed by atoms with Gasteiger partial charge in [0.25, 0.3) is 0 Å². The zero-order valence-corrected chi connectivity index (χ0v) is 21.5. The third kappa shape index (κ3) is 5.27. The lowest BCUT2D eigenvalue weighted by molar-refractivity contribution is -0.124. The highest BCUT2D eigenvalue weighted by molar-refractivity contribution is 6.01. The van der Waals surface area contributed by atoms with Gasteiger partial charge in [-0.3, -0.25) is 9.69 Å². The van der Waals surface area contributed by atoms with Crippen molar-refractivity contribution in [3.63, 3.8) is 0 Å². The quantitative estimate of drug-likeness (QED) is 0.410. The van der Waals surface area contributed by atoms with E-state index in [0.717, 1.165) is 48.1 Å². The van der Waals surface area contributed by atoms with Gasteiger partial charge in [-0.2, -0.15) is 0 Å². The van der Waals surface area contributed by atoms with Crippen LogP contribution < -0.4 is 4.90 Å². The fourth-order valence-electron chi connectivity index (χ4n) is 5.04. The summed E-state index contributed by atoms with van der Waals surface area (Å²) >= 11 is 0. The maximum absolute atomic E-state index is 13.5. The lowest BCUT2D eigenvalue weighted by atomic mass is 9.82. The SMILES string of the molecule is C/C=C(\c1ccccc1)c1ccc(-n2cc(C(=O)O)c(N(C(=O)C3CCC(C)CC3)C(C)C)n2)cc1. The third-order valence-electron chi connectivity index (χ3n) is 7.09. The van der Waals surface area contributed by atoms with Crippen LogP contribution in [0.25, 0.3) is 11.3 Å². The molecule has 36 heavy (non-hydrogen) atoms. The van der Waals surface area contributed by atoms with Gasteiger partial charge in [-0.15, -0.1) is 5.10 Å². The number of aromatic carboxylic acids is 1. The molecule has 188 valence electrons. The number of hydrogen-bond donors (Lipinski definition) is 1. The van der Waals surface area contributed by atoms with Crippen molar-refractivity contribution >= 4 is 23.3 Å². The van der Waals surface area contributed by atoms with E-state index in [2.05, 4.69) is 30.2 Å². The number of amides is 1. The average Bonchev–Trinajstić information content (AvgIpc) is 3.31. The highest BCUT2D eigenvalue weighted by Crippen LogP contribution is 2.33. The standard InChI is InChI=1S/C30H35N3O3/c1-5-26(22-9-7-6-8-10-22)23-15-17-25(18-16-23)32-19-27(30(35)36)28(31-32)33(20(2)3)29(34)24-13-11-21(4)12-14-24/h5-10,15-21,24H,11-14H2,1-4H3,(H,35,36)/b26-5+. The first kappa shape index (κ1) is 25.4. The molecule has 3 aromatic rings. The van der Waals surface area contributed by atoms with E-state index in [-0.39, 0.29) is 29.2 Å². The van der Waals surface area contributed by atoms with Gasteiger partial charge in [-0.05, 0) is 81.2 Å². The van der Waals surface area contributed by atoms with E-state index < -0.39 is 5.97 Å². The molecule has 0 unspecified atom stereocenters. The van der Waals surface area contributed by atoms with E-state index in [9.17, 15) is 14.7 Å². The summed E-state index contributed by atoms with van der Waals surface area (Å²) in [5.41, 5.74) is 4.07. The van der Waals surface area contributed by atoms with E-state index in [0.29, 0.717) is 5.92 Å². The van der Waals surface area contributed by atoms with Crippen LogP contribution in [0.15, 0.2) is 66.9 Å². The van der Waals surface area contributed by atoms with Crippen LogP contribution in [-0.4, -0.2) is 32.8 Å². The number of hydrogen-bond acceptors (Lipinski definition) is 3. The Balaban J connectivity index is 1.66. The Hall–Kier alpha value is -3.67. The van der Waals surface area contributed by atoms with Crippen LogP contribution in [0, 0.1) is 11.8 Å². The third-order valence-corrected chi connectivity index (χ3v) is 7.09. The molecule has 6 heteroatoms. The molecule has 1 aliphatic rings. The van der Waals surface area contributed by atoms with E-state index in [4.69, 9.17) is 0 Å². The van der Waals surface area contributed by atoms with E-state index >= 15 is 0 Å². The van der Waals surface area contributed by atoms with Crippen molar-refractivity contribution in [3.05, 3.63) is 83.6 Å². The summed E-state index contributed by atoms with van der Waals surface area (Å²) in [5.74, 6) is -0.372. The maximum atomic E-state index is 13.5. The summed E-state index contributed by atoms with van der Waals surface area (Å²) in [7, 11) is 0. The lowest BCUT2D eigenvalue weighted by Gasteiger charge is -2.32. The van der Waals surface area contributed by atoms with Crippen molar-refractivity contribution in [2.75, 3.05) is 4.90 Å². The van der Waals surface area contributed by atoms with Crippen LogP contribution in [-0.2, 0) is 4.79 Å². The fraction of sp³-hybridized carbons (Fsp3) is 0.367. The van der Waals surface area contributed by atoms with Gasteiger partial charge in [0.05, 0.1) is 5.69 Å². The van der Waals surface area contributed by atoms with Crippen LogP contribution >= 0.6 is 0 Å². The van der Waals surface area contributed by atoms with Gasteiger partial charge in [0.1, 0.15) is 5.56 Å². The second-order valence-electron chi connectivity index (χ2n) is 9.99. The minimum atomic E-state index is -1.09. The molecular weight excluding hydrogens is 450 g/mol. The number of carboxylic acids is 1. The van der Waals surface area contributed by atoms with Crippen LogP contribution in [0.4, 0.5) is 5.82 Å². The monoisotopic (exact) mass is 485 g/mol. The molecule has 0 spiro atoms. The Morgan fingerprint density at radius 2 is 1.61 bits per heavy atom. The average molecular weight is 486 g/mol. The zero-order valence-electron chi connectivity index (χ0n) is 21.5. The molecule has 0 atom stereocenters. The number of carbonyl (C=O) groups excluding carboxylic acids is 1. The Labute approximate surface area is 213 Å². The van der Waals surface area contributed by atoms with Crippen molar-refractivity contribution in [2.24, 2.45) is 11.8 Å². The molecule has 1 N–H and O–H groups in total. The molecule has 0 radical (unpaired) electrons. The second kappa shape index (κ2) is 10.9. The van der Waals surface area contributed by atoms with Crippen molar-refractivity contribution in [1.29, 1.82) is 0 Å². The van der Waals surface area contributed by atoms with Gasteiger partial charge < -0.3 is 5.11 Å². The predicted octanol–water partition coefficient (Wildman–Crippen LogP) is 6.59. The molecule has 4 rings (SSSR count). The molecule has 1 amide bonds. The number of allylic oxidation sites excluding steroid dienone is 1. The number of anilines is 1. The van der Waals surface area contributed by atoms with E-state index in [1.165, 1.54) is 6.20 Å². The summed E-state index contributed by atoms with van der Waals surface area (Å²) in [6.45, 7) is 8.05. The summed E-state index contributed by atoms with van der Waals surface area (Å²) in [5, 5.41) is 14.6. The van der Waals surface area contributed by atoms with Crippen LogP contribution in [0.2, 0.25) is 0 Å². The van der Waals surface area contributed by atoms with Gasteiger partial charge in [0, 0.05) is 18.2 Å². The first-order chi connectivity index (χ1) is 17.3. The highest BCUT2D eigenvalue weighted by Gasteiger charge is 2.34. The molecule has 1 saturated carbocycles. The zero-order chi connectivity index (χ0) is 25.8. The minimum Gasteiger partial charge on any atom is -0.477 e. The molecule has 0 saturated heterocycles. The molecule has 0 bridgehead atoms. The molecule has 1 aliphatic carbocycles. The van der Waals surface area contributed by atoms with Crippen molar-refractivity contribution in [3.8, 4) is 5.69 Å². The summed E-state index contributed by atoms with van der Waals surface area (Å²) in [4.78, 5) is 27.3.